The molecule has 1 aliphatic rings. The van der Waals surface area contributed by atoms with Crippen molar-refractivity contribution in [1.29, 1.82) is 0 Å². The molecule has 20 heavy (non-hydrogen) atoms. The van der Waals surface area contributed by atoms with E-state index in [0.717, 1.165) is 44.5 Å². The van der Waals surface area contributed by atoms with Gasteiger partial charge in [-0.25, -0.2) is 0 Å². The van der Waals surface area contributed by atoms with Crippen molar-refractivity contribution in [3.8, 4) is 11.8 Å². The first-order chi connectivity index (χ1) is 9.22. The molecule has 0 amide bonds. The maximum atomic E-state index is 12.8. The number of fused-ring (bicyclic) bond motifs is 1. The fourth-order valence-corrected chi connectivity index (χ4v) is 2.22. The van der Waals surface area contributed by atoms with Crippen molar-refractivity contribution in [3.63, 3.8) is 0 Å². The van der Waals surface area contributed by atoms with Gasteiger partial charge < -0.3 is 4.90 Å². The summed E-state index contributed by atoms with van der Waals surface area (Å²) in [5.41, 5.74) is 0.863. The van der Waals surface area contributed by atoms with Crippen molar-refractivity contribution >= 4 is 5.69 Å². The van der Waals surface area contributed by atoms with Crippen LogP contribution in [0.5, 0.6) is 0 Å². The van der Waals surface area contributed by atoms with E-state index >= 15 is 0 Å². The fourth-order valence-electron chi connectivity index (χ4n) is 2.22. The molecule has 108 valence electrons. The van der Waals surface area contributed by atoms with Crippen molar-refractivity contribution in [1.82, 2.24) is 0 Å². The molecular weight excluding hydrogens is 263 g/mol. The third kappa shape index (κ3) is 2.77. The van der Waals surface area contributed by atoms with Gasteiger partial charge in [0.1, 0.15) is 5.41 Å². The van der Waals surface area contributed by atoms with E-state index in [1.165, 1.54) is 0 Å². The van der Waals surface area contributed by atoms with E-state index in [9.17, 15) is 13.2 Å². The van der Waals surface area contributed by atoms with Crippen molar-refractivity contribution in [2.24, 2.45) is 5.41 Å². The Hall–Kier alpha value is -1.63. The zero-order valence-corrected chi connectivity index (χ0v) is 11.9. The van der Waals surface area contributed by atoms with Crippen molar-refractivity contribution in [2.75, 3.05) is 18.5 Å². The first-order valence-electron chi connectivity index (χ1n) is 6.65. The first kappa shape index (κ1) is 14.8. The fraction of sp³-hybridized carbons (Fsp3) is 0.500. The molecule has 0 saturated carbocycles. The van der Waals surface area contributed by atoms with E-state index in [1.807, 2.05) is 19.2 Å². The van der Waals surface area contributed by atoms with E-state index in [0.29, 0.717) is 5.56 Å². The summed E-state index contributed by atoms with van der Waals surface area (Å²) in [6.45, 7) is 3.20. The number of hydrogen-bond donors (Lipinski definition) is 0. The van der Waals surface area contributed by atoms with Crippen LogP contribution >= 0.6 is 0 Å². The van der Waals surface area contributed by atoms with Gasteiger partial charge in [-0.15, -0.1) is 0 Å². The molecule has 0 spiro atoms. The van der Waals surface area contributed by atoms with E-state index in [2.05, 4.69) is 16.7 Å². The van der Waals surface area contributed by atoms with Crippen LogP contribution < -0.4 is 4.90 Å². The summed E-state index contributed by atoms with van der Waals surface area (Å²) in [5.74, 6) is 5.13. The van der Waals surface area contributed by atoms with Crippen LogP contribution in [0.2, 0.25) is 0 Å². The van der Waals surface area contributed by atoms with Gasteiger partial charge in [-0.1, -0.05) is 17.9 Å². The highest BCUT2D eigenvalue weighted by atomic mass is 19.4. The number of rotatable bonds is 0. The Labute approximate surface area is 117 Å². The molecule has 0 N–H and O–H groups in total. The largest absolute Gasteiger partial charge is 0.404 e. The van der Waals surface area contributed by atoms with Gasteiger partial charge in [-0.3, -0.25) is 0 Å². The molecule has 2 rings (SSSR count). The zero-order chi connectivity index (χ0) is 15.0. The quantitative estimate of drug-likeness (QED) is 0.649. The summed E-state index contributed by atoms with van der Waals surface area (Å²) in [5, 5.41) is 0. The number of anilines is 1. The van der Waals surface area contributed by atoms with Crippen LogP contribution in [0.15, 0.2) is 18.2 Å². The lowest BCUT2D eigenvalue weighted by molar-refractivity contribution is -0.190. The maximum absolute atomic E-state index is 12.8. The lowest BCUT2D eigenvalue weighted by Gasteiger charge is -2.28. The average molecular weight is 281 g/mol. The molecule has 1 nitrogen and oxygen atoms in total. The maximum Gasteiger partial charge on any atom is 0.404 e. The Bertz CT molecular complexity index is 561. The second kappa shape index (κ2) is 5.05. The molecule has 1 aromatic rings. The van der Waals surface area contributed by atoms with Crippen LogP contribution in [0.3, 0.4) is 0 Å². The molecule has 1 aromatic carbocycles. The van der Waals surface area contributed by atoms with E-state index in [-0.39, 0.29) is 0 Å². The zero-order valence-electron chi connectivity index (χ0n) is 11.9. The second-order valence-electron chi connectivity index (χ2n) is 5.70. The van der Waals surface area contributed by atoms with Gasteiger partial charge in [0, 0.05) is 24.8 Å². The Morgan fingerprint density at radius 1 is 1.20 bits per heavy atom. The first-order valence-corrected chi connectivity index (χ1v) is 6.65. The minimum atomic E-state index is -4.31. The van der Waals surface area contributed by atoms with Crippen molar-refractivity contribution in [3.05, 3.63) is 29.3 Å². The summed E-state index contributed by atoms with van der Waals surface area (Å²) in [6, 6.07) is 5.65. The van der Waals surface area contributed by atoms with Gasteiger partial charge in [-0.05, 0) is 44.4 Å². The van der Waals surface area contributed by atoms with Gasteiger partial charge in [0.2, 0.25) is 0 Å². The van der Waals surface area contributed by atoms with Crippen molar-refractivity contribution in [2.45, 2.75) is 32.9 Å². The van der Waals surface area contributed by atoms with Gasteiger partial charge in [-0.2, -0.15) is 13.2 Å². The number of nitrogens with zero attached hydrogens (tertiary/aromatic N) is 1. The molecule has 0 saturated heterocycles. The molecule has 0 radical (unpaired) electrons. The van der Waals surface area contributed by atoms with Crippen LogP contribution in [-0.2, 0) is 6.42 Å². The molecule has 0 bridgehead atoms. The van der Waals surface area contributed by atoms with Gasteiger partial charge in [0.05, 0.1) is 0 Å². The average Bonchev–Trinajstić information content (AvgIpc) is 2.35. The van der Waals surface area contributed by atoms with E-state index < -0.39 is 11.6 Å². The third-order valence-corrected chi connectivity index (χ3v) is 3.70. The molecule has 0 atom stereocenters. The minimum absolute atomic E-state index is 0.714. The smallest absolute Gasteiger partial charge is 0.374 e. The van der Waals surface area contributed by atoms with Gasteiger partial charge >= 0.3 is 6.18 Å². The summed E-state index contributed by atoms with van der Waals surface area (Å²) < 4.78 is 38.5. The van der Waals surface area contributed by atoms with E-state index in [4.69, 9.17) is 0 Å². The van der Waals surface area contributed by atoms with Gasteiger partial charge in [0.15, 0.2) is 0 Å². The molecule has 0 aromatic heterocycles. The number of halogens is 3. The van der Waals surface area contributed by atoms with E-state index in [1.54, 1.807) is 6.07 Å². The predicted octanol–water partition coefficient (Wildman–Crippen LogP) is 4.01. The van der Waals surface area contributed by atoms with Crippen LogP contribution in [0.25, 0.3) is 0 Å². The van der Waals surface area contributed by atoms with Crippen molar-refractivity contribution < 1.29 is 13.2 Å². The van der Waals surface area contributed by atoms with Crippen LogP contribution in [0, 0.1) is 17.3 Å². The number of hydrogen-bond acceptors (Lipinski definition) is 1. The Balaban J connectivity index is 2.40. The van der Waals surface area contributed by atoms with Gasteiger partial charge in [0.25, 0.3) is 0 Å². The summed E-state index contributed by atoms with van der Waals surface area (Å²) in [4.78, 5) is 2.12. The lowest BCUT2D eigenvalue weighted by Crippen LogP contribution is -2.30. The molecule has 0 aliphatic carbocycles. The molecule has 0 unspecified atom stereocenters. The third-order valence-electron chi connectivity index (χ3n) is 3.70. The minimum Gasteiger partial charge on any atom is -0.374 e. The highest BCUT2D eigenvalue weighted by Crippen LogP contribution is 2.37. The Kier molecular flexibility index (Phi) is 3.73. The summed E-state index contributed by atoms with van der Waals surface area (Å²) in [7, 11) is 1.99. The molecular formula is C16H18F3N. The van der Waals surface area contributed by atoms with Crippen LogP contribution in [0.1, 0.15) is 31.4 Å². The molecule has 1 aliphatic heterocycles. The summed E-state index contributed by atoms with van der Waals surface area (Å²) in [6.07, 6.45) is -2.44. The molecule has 0 fully saturated rings. The Morgan fingerprint density at radius 2 is 1.90 bits per heavy atom. The predicted molar refractivity (Wildman–Crippen MR) is 74.7 cm³/mol. The SMILES string of the molecule is CN1CCCc2c(C#CC(C)(C)C(F)(F)F)cccc21. The highest BCUT2D eigenvalue weighted by Gasteiger charge is 2.46. The molecule has 4 heteroatoms. The standard InChI is InChI=1S/C16H18F3N/c1-15(2,16(17,18)19)10-9-12-6-4-8-14-13(12)7-5-11-20(14)3/h4,6,8H,5,7,11H2,1-3H3. The summed E-state index contributed by atoms with van der Waals surface area (Å²) >= 11 is 0. The number of alkyl halides is 3. The van der Waals surface area contributed by atoms with Crippen LogP contribution in [-0.4, -0.2) is 19.8 Å². The molecule has 1 heterocycles. The normalized spacial score (nSPS) is 15.4. The highest BCUT2D eigenvalue weighted by molar-refractivity contribution is 5.61. The Morgan fingerprint density at radius 3 is 2.55 bits per heavy atom. The number of benzene rings is 1. The lowest BCUT2D eigenvalue weighted by atomic mass is 9.91. The topological polar surface area (TPSA) is 3.24 Å². The second-order valence-corrected chi connectivity index (χ2v) is 5.70. The van der Waals surface area contributed by atoms with Crippen LogP contribution in [0.4, 0.5) is 18.9 Å². The monoisotopic (exact) mass is 281 g/mol.